The zero-order valence-electron chi connectivity index (χ0n) is 15.0. The van der Waals surface area contributed by atoms with Gasteiger partial charge < -0.3 is 14.8 Å². The summed E-state index contributed by atoms with van der Waals surface area (Å²) in [7, 11) is 1.62. The van der Waals surface area contributed by atoms with E-state index in [2.05, 4.69) is 15.5 Å². The van der Waals surface area contributed by atoms with E-state index in [1.807, 2.05) is 30.3 Å². The van der Waals surface area contributed by atoms with Gasteiger partial charge >= 0.3 is 5.97 Å². The number of rotatable bonds is 7. The summed E-state index contributed by atoms with van der Waals surface area (Å²) in [5.74, 6) is -0.0770. The van der Waals surface area contributed by atoms with Crippen LogP contribution in [-0.4, -0.2) is 38.0 Å². The fraction of sp³-hybridized carbons (Fsp3) is 0.222. The molecule has 0 unspecified atom stereocenters. The summed E-state index contributed by atoms with van der Waals surface area (Å²) >= 11 is 0. The summed E-state index contributed by atoms with van der Waals surface area (Å²) < 4.78 is 13.4. The van der Waals surface area contributed by atoms with Gasteiger partial charge in [0.2, 0.25) is 0 Å². The lowest BCUT2D eigenvalue weighted by molar-refractivity contribution is 0.0527. The molecule has 140 valence electrons. The van der Waals surface area contributed by atoms with E-state index in [0.29, 0.717) is 5.75 Å². The smallest absolute Gasteiger partial charge is 0.343 e. The van der Waals surface area contributed by atoms with Crippen LogP contribution in [0.3, 0.4) is 0 Å². The minimum absolute atomic E-state index is 0.164. The largest absolute Gasteiger partial charge is 0.471 e. The van der Waals surface area contributed by atoms with Gasteiger partial charge in [-0.3, -0.25) is 9.48 Å². The second kappa shape index (κ2) is 8.17. The van der Waals surface area contributed by atoms with E-state index in [0.717, 1.165) is 0 Å². The van der Waals surface area contributed by atoms with Gasteiger partial charge in [0.05, 0.1) is 12.8 Å². The number of hydrogen-bond donors (Lipinski definition) is 1. The molecule has 27 heavy (non-hydrogen) atoms. The number of nitrogens with one attached hydrogen (secondary N) is 1. The minimum atomic E-state index is -0.553. The molecule has 0 saturated carbocycles. The SMILES string of the molecule is CCOC(=O)c1cnn(C)c1NC(=O)c1ccn(COc2ccccc2)n1. The van der Waals surface area contributed by atoms with Crippen LogP contribution in [0, 0.1) is 0 Å². The van der Waals surface area contributed by atoms with Crippen LogP contribution < -0.4 is 10.1 Å². The average molecular weight is 369 g/mol. The first-order valence-electron chi connectivity index (χ1n) is 8.30. The predicted molar refractivity (Wildman–Crippen MR) is 96.4 cm³/mol. The van der Waals surface area contributed by atoms with Crippen LogP contribution in [0.15, 0.2) is 48.8 Å². The molecule has 0 fully saturated rings. The Kier molecular flexibility index (Phi) is 5.50. The molecule has 0 aliphatic heterocycles. The molecule has 0 radical (unpaired) electrons. The Morgan fingerprint density at radius 2 is 1.96 bits per heavy atom. The maximum absolute atomic E-state index is 12.5. The molecule has 3 aromatic rings. The van der Waals surface area contributed by atoms with E-state index in [9.17, 15) is 9.59 Å². The van der Waals surface area contributed by atoms with E-state index >= 15 is 0 Å². The summed E-state index contributed by atoms with van der Waals surface area (Å²) in [5, 5.41) is 10.8. The van der Waals surface area contributed by atoms with E-state index in [1.54, 1.807) is 26.2 Å². The van der Waals surface area contributed by atoms with Crippen LogP contribution in [-0.2, 0) is 18.5 Å². The zero-order chi connectivity index (χ0) is 19.2. The van der Waals surface area contributed by atoms with Gasteiger partial charge in [-0.2, -0.15) is 10.2 Å². The van der Waals surface area contributed by atoms with Crippen molar-refractivity contribution in [1.29, 1.82) is 0 Å². The van der Waals surface area contributed by atoms with Crippen LogP contribution >= 0.6 is 0 Å². The molecular formula is C18H19N5O4. The molecule has 1 N–H and O–H groups in total. The molecule has 2 heterocycles. The lowest BCUT2D eigenvalue weighted by atomic mass is 10.3. The number of amides is 1. The molecule has 0 spiro atoms. The van der Waals surface area contributed by atoms with Gasteiger partial charge in [0.1, 0.15) is 17.1 Å². The highest BCUT2D eigenvalue weighted by molar-refractivity contribution is 6.06. The minimum Gasteiger partial charge on any atom is -0.471 e. The molecule has 0 bridgehead atoms. The van der Waals surface area contributed by atoms with Crippen molar-refractivity contribution in [2.75, 3.05) is 11.9 Å². The molecule has 0 atom stereocenters. The Morgan fingerprint density at radius 3 is 2.70 bits per heavy atom. The van der Waals surface area contributed by atoms with Crippen molar-refractivity contribution in [3.8, 4) is 5.75 Å². The van der Waals surface area contributed by atoms with Gasteiger partial charge in [-0.25, -0.2) is 9.48 Å². The number of ether oxygens (including phenoxy) is 2. The third-order valence-corrected chi connectivity index (χ3v) is 3.65. The van der Waals surface area contributed by atoms with E-state index < -0.39 is 11.9 Å². The van der Waals surface area contributed by atoms with Gasteiger partial charge in [-0.15, -0.1) is 0 Å². The number of para-hydroxylation sites is 1. The Balaban J connectivity index is 1.66. The molecule has 1 amide bonds. The number of carbonyl (C=O) groups is 2. The molecule has 3 rings (SSSR count). The highest BCUT2D eigenvalue weighted by atomic mass is 16.5. The number of hydrogen-bond acceptors (Lipinski definition) is 6. The first kappa shape index (κ1) is 18.2. The normalized spacial score (nSPS) is 10.4. The first-order chi connectivity index (χ1) is 13.1. The highest BCUT2D eigenvalue weighted by Gasteiger charge is 2.20. The summed E-state index contributed by atoms with van der Waals surface area (Å²) in [4.78, 5) is 24.4. The fourth-order valence-corrected chi connectivity index (χ4v) is 2.33. The molecule has 1 aromatic carbocycles. The number of esters is 1. The van der Waals surface area contributed by atoms with Crippen molar-refractivity contribution >= 4 is 17.7 Å². The third kappa shape index (κ3) is 4.32. The van der Waals surface area contributed by atoms with Crippen LogP contribution in [0.5, 0.6) is 5.75 Å². The molecule has 0 aliphatic carbocycles. The van der Waals surface area contributed by atoms with Crippen molar-refractivity contribution in [3.05, 3.63) is 60.0 Å². The topological polar surface area (TPSA) is 100 Å². The second-order valence-corrected chi connectivity index (χ2v) is 5.53. The Labute approximate surface area is 155 Å². The van der Waals surface area contributed by atoms with Crippen molar-refractivity contribution in [2.24, 2.45) is 7.05 Å². The monoisotopic (exact) mass is 369 g/mol. The Morgan fingerprint density at radius 1 is 1.19 bits per heavy atom. The third-order valence-electron chi connectivity index (χ3n) is 3.65. The van der Waals surface area contributed by atoms with Crippen LogP contribution in [0.2, 0.25) is 0 Å². The second-order valence-electron chi connectivity index (χ2n) is 5.53. The van der Waals surface area contributed by atoms with Crippen LogP contribution in [0.4, 0.5) is 5.82 Å². The first-order valence-corrected chi connectivity index (χ1v) is 8.30. The highest BCUT2D eigenvalue weighted by Crippen LogP contribution is 2.16. The van der Waals surface area contributed by atoms with Gasteiger partial charge in [0.15, 0.2) is 12.4 Å². The lowest BCUT2D eigenvalue weighted by Crippen LogP contribution is -2.18. The van der Waals surface area contributed by atoms with E-state index in [1.165, 1.54) is 15.6 Å². The maximum atomic E-state index is 12.5. The summed E-state index contributed by atoms with van der Waals surface area (Å²) in [6.45, 7) is 2.10. The Hall–Kier alpha value is -3.62. The van der Waals surface area contributed by atoms with Crippen molar-refractivity contribution in [1.82, 2.24) is 19.6 Å². The molecule has 0 saturated heterocycles. The van der Waals surface area contributed by atoms with Crippen LogP contribution in [0.25, 0.3) is 0 Å². The fourth-order valence-electron chi connectivity index (χ4n) is 2.33. The summed E-state index contributed by atoms with van der Waals surface area (Å²) in [6.07, 6.45) is 2.98. The van der Waals surface area contributed by atoms with Crippen molar-refractivity contribution in [2.45, 2.75) is 13.7 Å². The van der Waals surface area contributed by atoms with E-state index in [4.69, 9.17) is 9.47 Å². The van der Waals surface area contributed by atoms with Crippen molar-refractivity contribution in [3.63, 3.8) is 0 Å². The Bertz CT molecular complexity index is 932. The number of anilines is 1. The number of aryl methyl sites for hydroxylation is 1. The quantitative estimate of drug-likeness (QED) is 0.640. The number of carbonyl (C=O) groups excluding carboxylic acids is 2. The lowest BCUT2D eigenvalue weighted by Gasteiger charge is -2.07. The van der Waals surface area contributed by atoms with Gasteiger partial charge in [-0.1, -0.05) is 18.2 Å². The van der Waals surface area contributed by atoms with Crippen LogP contribution in [0.1, 0.15) is 27.8 Å². The molecule has 9 nitrogen and oxygen atoms in total. The van der Waals surface area contributed by atoms with Gasteiger partial charge in [0, 0.05) is 13.2 Å². The van der Waals surface area contributed by atoms with E-state index in [-0.39, 0.29) is 30.4 Å². The maximum Gasteiger partial charge on any atom is 0.343 e. The summed E-state index contributed by atoms with van der Waals surface area (Å²) in [6, 6.07) is 10.8. The molecule has 9 heteroatoms. The van der Waals surface area contributed by atoms with Crippen molar-refractivity contribution < 1.29 is 19.1 Å². The number of benzene rings is 1. The van der Waals surface area contributed by atoms with Gasteiger partial charge in [0.25, 0.3) is 5.91 Å². The number of nitrogens with zero attached hydrogens (tertiary/aromatic N) is 4. The predicted octanol–water partition coefficient (Wildman–Crippen LogP) is 2.08. The molecule has 0 aliphatic rings. The molecule has 2 aromatic heterocycles. The number of aromatic nitrogens is 4. The summed E-state index contributed by atoms with van der Waals surface area (Å²) in [5.41, 5.74) is 0.363. The van der Waals surface area contributed by atoms with Gasteiger partial charge in [-0.05, 0) is 25.1 Å². The molecular weight excluding hydrogens is 350 g/mol. The standard InChI is InChI=1S/C18H19N5O4/c1-3-26-18(25)14-11-19-22(2)16(14)20-17(24)15-9-10-23(21-15)12-27-13-7-5-4-6-8-13/h4-11H,3,12H2,1-2H3,(H,20,24). The zero-order valence-corrected chi connectivity index (χ0v) is 15.0. The average Bonchev–Trinajstić information content (AvgIpc) is 3.29.